The lowest BCUT2D eigenvalue weighted by Crippen LogP contribution is -2.22. The van der Waals surface area contributed by atoms with E-state index in [9.17, 15) is 0 Å². The third-order valence-electron chi connectivity index (χ3n) is 3.63. The first-order chi connectivity index (χ1) is 8.12. The monoisotopic (exact) mass is 251 g/mol. The highest BCUT2D eigenvalue weighted by Crippen LogP contribution is 2.34. The molecule has 0 aromatic carbocycles. The standard InChI is InChI=1S/C13H21N3S/c1-13(2)5-6-16(9-13)12-15-8-11(17-12)7-14-10-3-4-10/h8,10,14H,3-7,9H2,1-2H3. The molecular weight excluding hydrogens is 230 g/mol. The lowest BCUT2D eigenvalue weighted by atomic mass is 9.93. The van der Waals surface area contributed by atoms with Gasteiger partial charge in [-0.1, -0.05) is 13.8 Å². The van der Waals surface area contributed by atoms with Crippen LogP contribution in [0.4, 0.5) is 5.13 Å². The van der Waals surface area contributed by atoms with Gasteiger partial charge >= 0.3 is 0 Å². The smallest absolute Gasteiger partial charge is 0.185 e. The normalized spacial score (nSPS) is 23.3. The van der Waals surface area contributed by atoms with E-state index in [0.717, 1.165) is 25.7 Å². The van der Waals surface area contributed by atoms with Crippen LogP contribution in [0.15, 0.2) is 6.20 Å². The quantitative estimate of drug-likeness (QED) is 0.891. The first kappa shape index (κ1) is 11.5. The van der Waals surface area contributed by atoms with Crippen LogP contribution in [0.5, 0.6) is 0 Å². The predicted octanol–water partition coefficient (Wildman–Crippen LogP) is 2.63. The molecular formula is C13H21N3S. The number of aromatic nitrogens is 1. The van der Waals surface area contributed by atoms with Gasteiger partial charge in [-0.15, -0.1) is 11.3 Å². The minimum atomic E-state index is 0.456. The summed E-state index contributed by atoms with van der Waals surface area (Å²) in [4.78, 5) is 8.37. The Kier molecular flexibility index (Phi) is 2.87. The van der Waals surface area contributed by atoms with Crippen LogP contribution in [0, 0.1) is 5.41 Å². The van der Waals surface area contributed by atoms with Gasteiger partial charge in [-0.3, -0.25) is 0 Å². The summed E-state index contributed by atoms with van der Waals surface area (Å²) in [5.41, 5.74) is 0.456. The maximum atomic E-state index is 4.57. The second-order valence-corrected chi connectivity index (χ2v) is 7.19. The summed E-state index contributed by atoms with van der Waals surface area (Å²) in [6.07, 6.45) is 6.03. The Hall–Kier alpha value is -0.610. The van der Waals surface area contributed by atoms with Gasteiger partial charge in [0.15, 0.2) is 5.13 Å². The molecule has 0 amide bonds. The van der Waals surface area contributed by atoms with E-state index < -0.39 is 0 Å². The molecule has 0 bridgehead atoms. The number of thiazole rings is 1. The first-order valence-corrected chi connectivity index (χ1v) is 7.37. The number of hydrogen-bond donors (Lipinski definition) is 1. The molecule has 1 aromatic heterocycles. The second-order valence-electron chi connectivity index (χ2n) is 6.10. The summed E-state index contributed by atoms with van der Waals surface area (Å²) in [6.45, 7) is 8.00. The zero-order valence-electron chi connectivity index (χ0n) is 10.7. The van der Waals surface area contributed by atoms with Crippen LogP contribution in [-0.2, 0) is 6.54 Å². The van der Waals surface area contributed by atoms with Gasteiger partial charge in [0.1, 0.15) is 0 Å². The van der Waals surface area contributed by atoms with Crippen molar-refractivity contribution in [2.45, 2.75) is 45.7 Å². The number of rotatable bonds is 4. The fourth-order valence-corrected chi connectivity index (χ4v) is 3.22. The molecule has 4 heteroatoms. The minimum absolute atomic E-state index is 0.456. The van der Waals surface area contributed by atoms with Crippen LogP contribution in [0.3, 0.4) is 0 Å². The highest BCUT2D eigenvalue weighted by Gasteiger charge is 2.30. The molecule has 1 aliphatic heterocycles. The summed E-state index contributed by atoms with van der Waals surface area (Å²) in [5.74, 6) is 0. The predicted molar refractivity (Wildman–Crippen MR) is 72.6 cm³/mol. The van der Waals surface area contributed by atoms with E-state index in [1.54, 1.807) is 0 Å². The average molecular weight is 251 g/mol. The topological polar surface area (TPSA) is 28.2 Å². The summed E-state index contributed by atoms with van der Waals surface area (Å²) < 4.78 is 0. The van der Waals surface area contributed by atoms with Crippen LogP contribution in [0.1, 0.15) is 38.0 Å². The summed E-state index contributed by atoms with van der Waals surface area (Å²) in [7, 11) is 0. The zero-order valence-corrected chi connectivity index (χ0v) is 11.5. The van der Waals surface area contributed by atoms with Crippen LogP contribution in [0.2, 0.25) is 0 Å². The van der Waals surface area contributed by atoms with Crippen LogP contribution < -0.4 is 10.2 Å². The largest absolute Gasteiger partial charge is 0.348 e. The van der Waals surface area contributed by atoms with Crippen molar-refractivity contribution in [2.24, 2.45) is 5.41 Å². The summed E-state index contributed by atoms with van der Waals surface area (Å²) in [6, 6.07) is 0.784. The Balaban J connectivity index is 1.59. The lowest BCUT2D eigenvalue weighted by Gasteiger charge is -2.18. The molecule has 3 rings (SSSR count). The van der Waals surface area contributed by atoms with Crippen LogP contribution in [-0.4, -0.2) is 24.1 Å². The number of nitrogens with zero attached hydrogens (tertiary/aromatic N) is 2. The summed E-state index contributed by atoms with van der Waals surface area (Å²) in [5, 5.41) is 4.76. The Morgan fingerprint density at radius 2 is 2.35 bits per heavy atom. The van der Waals surface area contributed by atoms with Gasteiger partial charge in [-0.25, -0.2) is 4.98 Å². The van der Waals surface area contributed by atoms with Crippen molar-refractivity contribution in [1.82, 2.24) is 10.3 Å². The van der Waals surface area contributed by atoms with Crippen molar-refractivity contribution < 1.29 is 0 Å². The van der Waals surface area contributed by atoms with Gasteiger partial charge in [-0.05, 0) is 24.7 Å². The molecule has 0 unspecified atom stereocenters. The van der Waals surface area contributed by atoms with Crippen molar-refractivity contribution in [3.8, 4) is 0 Å². The molecule has 0 spiro atoms. The highest BCUT2D eigenvalue weighted by atomic mass is 32.1. The number of anilines is 1. The molecule has 1 aliphatic carbocycles. The minimum Gasteiger partial charge on any atom is -0.348 e. The van der Waals surface area contributed by atoms with Crippen molar-refractivity contribution in [2.75, 3.05) is 18.0 Å². The van der Waals surface area contributed by atoms with E-state index in [1.165, 1.54) is 29.3 Å². The molecule has 0 radical (unpaired) electrons. The maximum Gasteiger partial charge on any atom is 0.185 e. The van der Waals surface area contributed by atoms with E-state index >= 15 is 0 Å². The Bertz CT molecular complexity index is 395. The number of nitrogens with one attached hydrogen (secondary N) is 1. The Morgan fingerprint density at radius 1 is 1.53 bits per heavy atom. The van der Waals surface area contributed by atoms with Gasteiger partial charge in [0.2, 0.25) is 0 Å². The van der Waals surface area contributed by atoms with Crippen molar-refractivity contribution in [3.63, 3.8) is 0 Å². The molecule has 1 saturated heterocycles. The molecule has 2 fully saturated rings. The maximum absolute atomic E-state index is 4.57. The Labute approximate surface area is 107 Å². The van der Waals surface area contributed by atoms with E-state index in [0.29, 0.717) is 5.41 Å². The van der Waals surface area contributed by atoms with Gasteiger partial charge in [0, 0.05) is 36.8 Å². The molecule has 3 nitrogen and oxygen atoms in total. The average Bonchev–Trinajstić information content (AvgIpc) is 2.86. The fourth-order valence-electron chi connectivity index (χ4n) is 2.33. The molecule has 1 N–H and O–H groups in total. The molecule has 17 heavy (non-hydrogen) atoms. The number of hydrogen-bond acceptors (Lipinski definition) is 4. The van der Waals surface area contributed by atoms with E-state index in [1.807, 2.05) is 17.5 Å². The van der Waals surface area contributed by atoms with Crippen molar-refractivity contribution >= 4 is 16.5 Å². The second kappa shape index (κ2) is 4.25. The molecule has 94 valence electrons. The third-order valence-corrected chi connectivity index (χ3v) is 4.69. The fraction of sp³-hybridized carbons (Fsp3) is 0.769. The summed E-state index contributed by atoms with van der Waals surface area (Å²) >= 11 is 1.85. The lowest BCUT2D eigenvalue weighted by molar-refractivity contribution is 0.418. The van der Waals surface area contributed by atoms with E-state index in [-0.39, 0.29) is 0 Å². The zero-order chi connectivity index (χ0) is 11.9. The van der Waals surface area contributed by atoms with Crippen LogP contribution in [0.25, 0.3) is 0 Å². The molecule has 1 saturated carbocycles. The van der Waals surface area contributed by atoms with Gasteiger partial charge in [0.05, 0.1) is 0 Å². The van der Waals surface area contributed by atoms with E-state index in [4.69, 9.17) is 0 Å². The van der Waals surface area contributed by atoms with E-state index in [2.05, 4.69) is 29.0 Å². The SMILES string of the molecule is CC1(C)CCN(c2ncc(CNC3CC3)s2)C1. The molecule has 2 aliphatic rings. The highest BCUT2D eigenvalue weighted by molar-refractivity contribution is 7.15. The van der Waals surface area contributed by atoms with Crippen LogP contribution >= 0.6 is 11.3 Å². The molecule has 2 heterocycles. The molecule has 1 aromatic rings. The van der Waals surface area contributed by atoms with Gasteiger partial charge in [-0.2, -0.15) is 0 Å². The van der Waals surface area contributed by atoms with Gasteiger partial charge in [0.25, 0.3) is 0 Å². The molecule has 0 atom stereocenters. The van der Waals surface area contributed by atoms with Gasteiger partial charge < -0.3 is 10.2 Å². The van der Waals surface area contributed by atoms with Crippen molar-refractivity contribution in [3.05, 3.63) is 11.1 Å². The first-order valence-electron chi connectivity index (χ1n) is 6.55. The van der Waals surface area contributed by atoms with Crippen molar-refractivity contribution in [1.29, 1.82) is 0 Å². The third kappa shape index (κ3) is 2.80. The Morgan fingerprint density at radius 3 is 3.00 bits per heavy atom.